The van der Waals surface area contributed by atoms with Crippen LogP contribution in [0.4, 0.5) is 17.5 Å². The molecule has 0 fully saturated rings. The van der Waals surface area contributed by atoms with Crippen molar-refractivity contribution in [3.8, 4) is 6.07 Å². The van der Waals surface area contributed by atoms with Gasteiger partial charge in [-0.05, 0) is 18.6 Å². The number of nitriles is 1. The standard InChI is InChI=1S/C12H10ClN5/c1-7-3-2-4-10(8(7)5-14)17-11-9(13)6-16-12(15)18-11/h2-4,6H,1H3,(H3,15,16,17,18). The van der Waals surface area contributed by atoms with Crippen LogP contribution >= 0.6 is 11.6 Å². The molecular formula is C12H10ClN5. The van der Waals surface area contributed by atoms with Gasteiger partial charge in [-0.1, -0.05) is 23.7 Å². The van der Waals surface area contributed by atoms with Gasteiger partial charge in [-0.2, -0.15) is 10.2 Å². The van der Waals surface area contributed by atoms with Crippen LogP contribution < -0.4 is 11.1 Å². The molecule has 0 radical (unpaired) electrons. The van der Waals surface area contributed by atoms with E-state index in [1.54, 1.807) is 6.07 Å². The number of halogens is 1. The predicted molar refractivity (Wildman–Crippen MR) is 70.6 cm³/mol. The number of hydrogen-bond acceptors (Lipinski definition) is 5. The summed E-state index contributed by atoms with van der Waals surface area (Å²) in [6, 6.07) is 7.62. The molecule has 0 unspecified atom stereocenters. The molecule has 2 rings (SSSR count). The lowest BCUT2D eigenvalue weighted by atomic mass is 10.1. The second kappa shape index (κ2) is 4.90. The van der Waals surface area contributed by atoms with Gasteiger partial charge in [0.15, 0.2) is 5.82 Å². The van der Waals surface area contributed by atoms with Gasteiger partial charge in [0.25, 0.3) is 0 Å². The van der Waals surface area contributed by atoms with Gasteiger partial charge in [-0.25, -0.2) is 4.98 Å². The summed E-state index contributed by atoms with van der Waals surface area (Å²) in [6.45, 7) is 1.86. The van der Waals surface area contributed by atoms with E-state index in [2.05, 4.69) is 21.4 Å². The molecule has 0 spiro atoms. The zero-order valence-electron chi connectivity index (χ0n) is 9.61. The first kappa shape index (κ1) is 12.1. The number of rotatable bonds is 2. The van der Waals surface area contributed by atoms with Crippen LogP contribution in [-0.4, -0.2) is 9.97 Å². The van der Waals surface area contributed by atoms with E-state index in [9.17, 15) is 0 Å². The quantitative estimate of drug-likeness (QED) is 0.866. The van der Waals surface area contributed by atoms with Crippen LogP contribution in [0, 0.1) is 18.3 Å². The first-order valence-corrected chi connectivity index (χ1v) is 5.54. The van der Waals surface area contributed by atoms with Crippen molar-refractivity contribution in [2.45, 2.75) is 6.92 Å². The van der Waals surface area contributed by atoms with Crippen LogP contribution in [-0.2, 0) is 0 Å². The smallest absolute Gasteiger partial charge is 0.222 e. The summed E-state index contributed by atoms with van der Waals surface area (Å²) >= 11 is 5.96. The number of nitrogen functional groups attached to an aromatic ring is 1. The Kier molecular flexibility index (Phi) is 3.31. The molecule has 90 valence electrons. The van der Waals surface area contributed by atoms with Crippen molar-refractivity contribution in [2.75, 3.05) is 11.1 Å². The highest BCUT2D eigenvalue weighted by Crippen LogP contribution is 2.26. The third-order valence-electron chi connectivity index (χ3n) is 2.40. The van der Waals surface area contributed by atoms with Crippen molar-refractivity contribution < 1.29 is 0 Å². The van der Waals surface area contributed by atoms with Crippen LogP contribution in [0.3, 0.4) is 0 Å². The lowest BCUT2D eigenvalue weighted by Gasteiger charge is -2.10. The van der Waals surface area contributed by atoms with Gasteiger partial charge in [0.2, 0.25) is 5.95 Å². The third-order valence-corrected chi connectivity index (χ3v) is 2.68. The molecule has 1 aromatic heterocycles. The molecule has 6 heteroatoms. The van der Waals surface area contributed by atoms with E-state index in [4.69, 9.17) is 22.6 Å². The Hall–Kier alpha value is -2.32. The minimum absolute atomic E-state index is 0.119. The fraction of sp³-hybridized carbons (Fsp3) is 0.0833. The maximum atomic E-state index is 9.12. The lowest BCUT2D eigenvalue weighted by molar-refractivity contribution is 1.18. The zero-order chi connectivity index (χ0) is 13.1. The van der Waals surface area contributed by atoms with Crippen LogP contribution in [0.1, 0.15) is 11.1 Å². The second-order valence-corrected chi connectivity index (χ2v) is 4.07. The first-order chi connectivity index (χ1) is 8.61. The lowest BCUT2D eigenvalue weighted by Crippen LogP contribution is -2.02. The summed E-state index contributed by atoms with van der Waals surface area (Å²) in [5, 5.41) is 12.5. The van der Waals surface area contributed by atoms with Crippen molar-refractivity contribution in [3.05, 3.63) is 40.5 Å². The minimum atomic E-state index is 0.119. The van der Waals surface area contributed by atoms with Crippen LogP contribution in [0.2, 0.25) is 5.02 Å². The first-order valence-electron chi connectivity index (χ1n) is 5.16. The van der Waals surface area contributed by atoms with Crippen molar-refractivity contribution in [1.82, 2.24) is 9.97 Å². The fourth-order valence-electron chi connectivity index (χ4n) is 1.52. The van der Waals surface area contributed by atoms with E-state index < -0.39 is 0 Å². The van der Waals surface area contributed by atoms with Gasteiger partial charge in [0.05, 0.1) is 17.4 Å². The van der Waals surface area contributed by atoms with Gasteiger partial charge in [0.1, 0.15) is 11.1 Å². The van der Waals surface area contributed by atoms with Crippen molar-refractivity contribution in [3.63, 3.8) is 0 Å². The average molecular weight is 260 g/mol. The van der Waals surface area contributed by atoms with E-state index in [0.717, 1.165) is 5.56 Å². The van der Waals surface area contributed by atoms with E-state index >= 15 is 0 Å². The van der Waals surface area contributed by atoms with Gasteiger partial charge < -0.3 is 11.1 Å². The Balaban J connectivity index is 2.44. The third kappa shape index (κ3) is 2.34. The summed E-state index contributed by atoms with van der Waals surface area (Å²) in [6.07, 6.45) is 1.41. The molecule has 0 bridgehead atoms. The molecule has 0 saturated carbocycles. The summed E-state index contributed by atoms with van der Waals surface area (Å²) in [5.74, 6) is 0.499. The number of aryl methyl sites for hydroxylation is 1. The highest BCUT2D eigenvalue weighted by molar-refractivity contribution is 6.32. The summed E-state index contributed by atoms with van der Waals surface area (Å²) in [4.78, 5) is 7.76. The number of hydrogen-bond donors (Lipinski definition) is 2. The van der Waals surface area contributed by atoms with Gasteiger partial charge >= 0.3 is 0 Å². The Bertz CT molecular complexity index is 633. The molecule has 0 atom stereocenters. The summed E-state index contributed by atoms with van der Waals surface area (Å²) in [7, 11) is 0. The molecule has 0 aliphatic carbocycles. The van der Waals surface area contributed by atoms with Gasteiger partial charge in [-0.15, -0.1) is 0 Å². The zero-order valence-corrected chi connectivity index (χ0v) is 10.4. The Labute approximate surface area is 109 Å². The van der Waals surface area contributed by atoms with Crippen molar-refractivity contribution in [1.29, 1.82) is 5.26 Å². The van der Waals surface area contributed by atoms with Crippen molar-refractivity contribution in [2.24, 2.45) is 0 Å². The van der Waals surface area contributed by atoms with E-state index in [1.807, 2.05) is 19.1 Å². The number of aromatic nitrogens is 2. The number of nitrogens with two attached hydrogens (primary N) is 1. The van der Waals surface area contributed by atoms with Gasteiger partial charge in [-0.3, -0.25) is 0 Å². The Morgan fingerprint density at radius 2 is 2.22 bits per heavy atom. The molecule has 0 saturated heterocycles. The molecule has 1 heterocycles. The maximum Gasteiger partial charge on any atom is 0.222 e. The van der Waals surface area contributed by atoms with E-state index in [1.165, 1.54) is 6.20 Å². The molecule has 18 heavy (non-hydrogen) atoms. The normalized spacial score (nSPS) is 9.83. The Morgan fingerprint density at radius 1 is 1.44 bits per heavy atom. The average Bonchev–Trinajstić information content (AvgIpc) is 2.34. The summed E-state index contributed by atoms with van der Waals surface area (Å²) in [5.41, 5.74) is 7.55. The molecule has 5 nitrogen and oxygen atoms in total. The van der Waals surface area contributed by atoms with E-state index in [0.29, 0.717) is 22.1 Å². The molecule has 2 aromatic rings. The molecule has 1 aromatic carbocycles. The number of nitrogens with one attached hydrogen (secondary N) is 1. The monoisotopic (exact) mass is 259 g/mol. The van der Waals surface area contributed by atoms with Crippen LogP contribution in [0.25, 0.3) is 0 Å². The fourth-order valence-corrected chi connectivity index (χ4v) is 1.65. The number of anilines is 3. The summed E-state index contributed by atoms with van der Waals surface area (Å²) < 4.78 is 0. The molecule has 0 aliphatic heterocycles. The van der Waals surface area contributed by atoms with Crippen LogP contribution in [0.15, 0.2) is 24.4 Å². The highest BCUT2D eigenvalue weighted by Gasteiger charge is 2.09. The molecule has 0 amide bonds. The maximum absolute atomic E-state index is 9.12. The van der Waals surface area contributed by atoms with Gasteiger partial charge in [0, 0.05) is 0 Å². The van der Waals surface area contributed by atoms with Crippen LogP contribution in [0.5, 0.6) is 0 Å². The minimum Gasteiger partial charge on any atom is -0.368 e. The SMILES string of the molecule is Cc1cccc(Nc2nc(N)ncc2Cl)c1C#N. The molecule has 3 N–H and O–H groups in total. The predicted octanol–water partition coefficient (Wildman–Crippen LogP) is 2.64. The topological polar surface area (TPSA) is 87.6 Å². The molecule has 0 aliphatic rings. The Morgan fingerprint density at radius 3 is 2.94 bits per heavy atom. The van der Waals surface area contributed by atoms with Crippen molar-refractivity contribution >= 4 is 29.1 Å². The number of benzene rings is 1. The second-order valence-electron chi connectivity index (χ2n) is 3.66. The molecular weight excluding hydrogens is 250 g/mol. The number of nitrogens with zero attached hydrogens (tertiary/aromatic N) is 3. The van der Waals surface area contributed by atoms with E-state index in [-0.39, 0.29) is 5.95 Å². The largest absolute Gasteiger partial charge is 0.368 e. The highest BCUT2D eigenvalue weighted by atomic mass is 35.5.